The zero-order valence-corrected chi connectivity index (χ0v) is 14.0. The first-order valence-corrected chi connectivity index (χ1v) is 8.00. The van der Waals surface area contributed by atoms with Gasteiger partial charge < -0.3 is 15.2 Å². The summed E-state index contributed by atoms with van der Waals surface area (Å²) in [6.07, 6.45) is 3.36. The number of benzene rings is 1. The number of ether oxygens (including phenoxy) is 2. The Bertz CT molecular complexity index is 981. The Hall–Kier alpha value is -3.61. The van der Waals surface area contributed by atoms with Gasteiger partial charge in [0.15, 0.2) is 0 Å². The van der Waals surface area contributed by atoms with E-state index in [9.17, 15) is 4.79 Å². The Kier molecular flexibility index (Phi) is 3.89. The molecule has 1 atom stereocenters. The number of aromatic amines is 1. The van der Waals surface area contributed by atoms with E-state index in [4.69, 9.17) is 15.2 Å². The van der Waals surface area contributed by atoms with Crippen molar-refractivity contribution in [3.8, 4) is 17.1 Å². The van der Waals surface area contributed by atoms with Crippen LogP contribution in [0.3, 0.4) is 0 Å². The second kappa shape index (κ2) is 6.36. The van der Waals surface area contributed by atoms with Crippen LogP contribution in [0.1, 0.15) is 17.0 Å². The average Bonchev–Trinajstić information content (AvgIpc) is 3.11. The number of nitrogens with two attached hydrogens (primary N) is 1. The van der Waals surface area contributed by atoms with Crippen LogP contribution in [0.2, 0.25) is 0 Å². The molecule has 7 nitrogen and oxygen atoms in total. The van der Waals surface area contributed by atoms with E-state index in [1.807, 2.05) is 36.4 Å². The monoisotopic (exact) mass is 348 g/mol. The Labute approximate surface area is 149 Å². The van der Waals surface area contributed by atoms with Gasteiger partial charge in [-0.25, -0.2) is 4.79 Å². The van der Waals surface area contributed by atoms with Crippen molar-refractivity contribution in [2.75, 3.05) is 7.11 Å². The molecule has 0 bridgehead atoms. The number of pyridine rings is 1. The molecule has 3 aromatic rings. The molecule has 1 aliphatic rings. The third kappa shape index (κ3) is 2.50. The summed E-state index contributed by atoms with van der Waals surface area (Å²) in [6.45, 7) is 0. The van der Waals surface area contributed by atoms with Crippen molar-refractivity contribution in [3.05, 3.63) is 77.4 Å². The van der Waals surface area contributed by atoms with Gasteiger partial charge in [0.05, 0.1) is 24.3 Å². The van der Waals surface area contributed by atoms with E-state index in [0.29, 0.717) is 5.88 Å². The fraction of sp³-hybridized carbons (Fsp3) is 0.105. The number of aromatic nitrogens is 3. The zero-order chi connectivity index (χ0) is 18.1. The molecule has 4 rings (SSSR count). The van der Waals surface area contributed by atoms with Crippen molar-refractivity contribution in [3.63, 3.8) is 0 Å². The predicted molar refractivity (Wildman–Crippen MR) is 94.0 cm³/mol. The summed E-state index contributed by atoms with van der Waals surface area (Å²) in [5.74, 6) is -0.747. The lowest BCUT2D eigenvalue weighted by atomic mass is 9.83. The standard InChI is InChI=1S/C19H16N4O3/c1-25-19(24)15-13(12-8-5-9-21-10-12)14-16(11-6-3-2-4-7-11)22-23-18(14)26-17(15)20/h2-10,13H,20H2,1H3,(H,22,23). The second-order valence-corrected chi connectivity index (χ2v) is 5.77. The van der Waals surface area contributed by atoms with E-state index >= 15 is 0 Å². The molecule has 0 radical (unpaired) electrons. The van der Waals surface area contributed by atoms with E-state index in [2.05, 4.69) is 15.2 Å². The van der Waals surface area contributed by atoms with E-state index in [-0.39, 0.29) is 11.5 Å². The summed E-state index contributed by atoms with van der Waals surface area (Å²) in [5, 5.41) is 7.25. The quantitative estimate of drug-likeness (QED) is 0.704. The number of esters is 1. The van der Waals surface area contributed by atoms with Crippen LogP contribution in [0.4, 0.5) is 0 Å². The average molecular weight is 348 g/mol. The van der Waals surface area contributed by atoms with Crippen LogP contribution >= 0.6 is 0 Å². The smallest absolute Gasteiger partial charge is 0.340 e. The van der Waals surface area contributed by atoms with Gasteiger partial charge >= 0.3 is 5.97 Å². The van der Waals surface area contributed by atoms with Crippen molar-refractivity contribution in [1.29, 1.82) is 0 Å². The van der Waals surface area contributed by atoms with Gasteiger partial charge in [-0.15, -0.1) is 5.10 Å². The number of H-pyrrole nitrogens is 1. The SMILES string of the molecule is COC(=O)C1=C(N)Oc2n[nH]c(-c3ccccc3)c2C1c1cccnc1. The Morgan fingerprint density at radius 1 is 1.23 bits per heavy atom. The van der Waals surface area contributed by atoms with Crippen LogP contribution in [-0.4, -0.2) is 28.3 Å². The summed E-state index contributed by atoms with van der Waals surface area (Å²) in [6, 6.07) is 13.4. The minimum Gasteiger partial charge on any atom is -0.465 e. The maximum absolute atomic E-state index is 12.4. The van der Waals surface area contributed by atoms with Gasteiger partial charge in [0.2, 0.25) is 11.8 Å². The molecule has 26 heavy (non-hydrogen) atoms. The van der Waals surface area contributed by atoms with E-state index in [1.54, 1.807) is 18.5 Å². The highest BCUT2D eigenvalue weighted by Gasteiger charge is 2.39. The molecule has 1 aromatic carbocycles. The normalized spacial score (nSPS) is 16.0. The van der Waals surface area contributed by atoms with Gasteiger partial charge in [-0.3, -0.25) is 10.1 Å². The molecule has 130 valence electrons. The Morgan fingerprint density at radius 3 is 2.73 bits per heavy atom. The molecule has 0 amide bonds. The topological polar surface area (TPSA) is 103 Å². The summed E-state index contributed by atoms with van der Waals surface area (Å²) in [7, 11) is 1.31. The lowest BCUT2D eigenvalue weighted by molar-refractivity contribution is -0.136. The van der Waals surface area contributed by atoms with E-state index in [0.717, 1.165) is 22.4 Å². The Balaban J connectivity index is 1.96. The van der Waals surface area contributed by atoms with Crippen LogP contribution < -0.4 is 10.5 Å². The van der Waals surface area contributed by atoms with Crippen molar-refractivity contribution in [2.45, 2.75) is 5.92 Å². The van der Waals surface area contributed by atoms with Crippen molar-refractivity contribution >= 4 is 5.97 Å². The molecule has 2 aromatic heterocycles. The first-order valence-electron chi connectivity index (χ1n) is 8.00. The third-order valence-corrected chi connectivity index (χ3v) is 4.30. The summed E-state index contributed by atoms with van der Waals surface area (Å²) < 4.78 is 10.6. The van der Waals surface area contributed by atoms with Crippen molar-refractivity contribution < 1.29 is 14.3 Å². The molecule has 1 aliphatic heterocycles. The van der Waals surface area contributed by atoms with E-state index in [1.165, 1.54) is 7.11 Å². The van der Waals surface area contributed by atoms with Crippen molar-refractivity contribution in [1.82, 2.24) is 15.2 Å². The first-order chi connectivity index (χ1) is 12.7. The number of hydrogen-bond acceptors (Lipinski definition) is 6. The van der Waals surface area contributed by atoms with Gasteiger partial charge in [-0.1, -0.05) is 36.4 Å². The highest BCUT2D eigenvalue weighted by atomic mass is 16.5. The number of methoxy groups -OCH3 is 1. The number of rotatable bonds is 3. The number of nitrogens with zero attached hydrogens (tertiary/aromatic N) is 2. The molecule has 0 fully saturated rings. The zero-order valence-electron chi connectivity index (χ0n) is 14.0. The third-order valence-electron chi connectivity index (χ3n) is 4.30. The molecule has 3 N–H and O–H groups in total. The largest absolute Gasteiger partial charge is 0.465 e. The van der Waals surface area contributed by atoms with Crippen molar-refractivity contribution in [2.24, 2.45) is 5.73 Å². The molecule has 0 aliphatic carbocycles. The van der Waals surface area contributed by atoms with E-state index < -0.39 is 11.9 Å². The van der Waals surface area contributed by atoms with Gasteiger partial charge in [0.25, 0.3) is 0 Å². The molecular weight excluding hydrogens is 332 g/mol. The van der Waals surface area contributed by atoms with Crippen LogP contribution in [0.15, 0.2) is 66.3 Å². The number of nitrogens with one attached hydrogen (secondary N) is 1. The highest BCUT2D eigenvalue weighted by molar-refractivity contribution is 5.93. The molecule has 0 saturated heterocycles. The van der Waals surface area contributed by atoms with Gasteiger partial charge in [0.1, 0.15) is 5.57 Å². The molecule has 0 saturated carbocycles. The number of carbonyl (C=O) groups is 1. The van der Waals surface area contributed by atoms with Gasteiger partial charge in [-0.05, 0) is 17.2 Å². The maximum Gasteiger partial charge on any atom is 0.340 e. The lowest BCUT2D eigenvalue weighted by Gasteiger charge is -2.25. The van der Waals surface area contributed by atoms with Crippen LogP contribution in [-0.2, 0) is 9.53 Å². The molecule has 7 heteroatoms. The van der Waals surface area contributed by atoms with Crippen LogP contribution in [0, 0.1) is 0 Å². The second-order valence-electron chi connectivity index (χ2n) is 5.77. The fourth-order valence-electron chi connectivity index (χ4n) is 3.16. The first kappa shape index (κ1) is 15.9. The number of carbonyl (C=O) groups excluding carboxylic acids is 1. The van der Waals surface area contributed by atoms with Gasteiger partial charge in [-0.2, -0.15) is 0 Å². The summed E-state index contributed by atoms with van der Waals surface area (Å²) in [4.78, 5) is 16.6. The minimum atomic E-state index is -0.554. The van der Waals surface area contributed by atoms with Crippen LogP contribution in [0.25, 0.3) is 11.3 Å². The number of fused-ring (bicyclic) bond motifs is 1. The highest BCUT2D eigenvalue weighted by Crippen LogP contribution is 2.45. The Morgan fingerprint density at radius 2 is 2.04 bits per heavy atom. The fourth-order valence-corrected chi connectivity index (χ4v) is 3.16. The van der Waals surface area contributed by atoms with Gasteiger partial charge in [0, 0.05) is 12.4 Å². The summed E-state index contributed by atoms with van der Waals surface area (Å²) in [5.41, 5.74) is 9.44. The lowest BCUT2D eigenvalue weighted by Crippen LogP contribution is -2.27. The molecular formula is C19H16N4O3. The minimum absolute atomic E-state index is 0.0238. The van der Waals surface area contributed by atoms with Crippen LogP contribution in [0.5, 0.6) is 5.88 Å². The summed E-state index contributed by atoms with van der Waals surface area (Å²) >= 11 is 0. The number of hydrogen-bond donors (Lipinski definition) is 2. The maximum atomic E-state index is 12.4. The molecule has 0 spiro atoms. The molecule has 1 unspecified atom stereocenters. The predicted octanol–water partition coefficient (Wildman–Crippen LogP) is 2.34. The molecule has 3 heterocycles.